The fourth-order valence-corrected chi connectivity index (χ4v) is 3.66. The van der Waals surface area contributed by atoms with Crippen LogP contribution in [0.15, 0.2) is 34.7 Å². The molecule has 0 saturated carbocycles. The highest BCUT2D eigenvalue weighted by Gasteiger charge is 2.20. The maximum absolute atomic E-state index is 11.9. The Kier molecular flexibility index (Phi) is 4.92. The van der Waals surface area contributed by atoms with E-state index in [0.717, 1.165) is 9.90 Å². The van der Waals surface area contributed by atoms with Crippen LogP contribution in [0.2, 0.25) is 0 Å². The van der Waals surface area contributed by atoms with Gasteiger partial charge in [-0.05, 0) is 36.9 Å². The molecule has 0 N–H and O–H groups in total. The van der Waals surface area contributed by atoms with Gasteiger partial charge in [0.1, 0.15) is 10.3 Å². The topological polar surface area (TPSA) is 69.4 Å². The van der Waals surface area contributed by atoms with Crippen LogP contribution in [-0.4, -0.2) is 37.6 Å². The lowest BCUT2D eigenvalue weighted by molar-refractivity contribution is -0.142. The highest BCUT2D eigenvalue weighted by atomic mass is 32.2. The smallest absolute Gasteiger partial charge is 0.319 e. The summed E-state index contributed by atoms with van der Waals surface area (Å²) in [6, 6.07) is 7.66. The minimum absolute atomic E-state index is 0.205. The summed E-state index contributed by atoms with van der Waals surface area (Å²) in [5.74, 6) is 0.505. The first kappa shape index (κ1) is 15.9. The SMILES string of the molecule is CCOC(=O)C(CC)Sc1ccc2nnc(-c3cccs3)n2n1. The number of hydrogen-bond donors (Lipinski definition) is 0. The average molecular weight is 348 g/mol. The second-order valence-corrected chi connectivity index (χ2v) is 6.88. The number of fused-ring (bicyclic) bond motifs is 1. The molecule has 0 spiro atoms. The summed E-state index contributed by atoms with van der Waals surface area (Å²) >= 11 is 2.99. The van der Waals surface area contributed by atoms with Crippen molar-refractivity contribution in [1.82, 2.24) is 19.8 Å². The number of nitrogens with zero attached hydrogens (tertiary/aromatic N) is 4. The number of ether oxygens (including phenoxy) is 1. The van der Waals surface area contributed by atoms with Gasteiger partial charge >= 0.3 is 5.97 Å². The Labute approximate surface area is 141 Å². The van der Waals surface area contributed by atoms with E-state index in [1.54, 1.807) is 15.9 Å². The molecule has 23 heavy (non-hydrogen) atoms. The zero-order valence-electron chi connectivity index (χ0n) is 12.8. The van der Waals surface area contributed by atoms with Crippen LogP contribution in [0.3, 0.4) is 0 Å². The Balaban J connectivity index is 1.90. The van der Waals surface area contributed by atoms with Gasteiger partial charge in [-0.3, -0.25) is 4.79 Å². The molecule has 1 atom stereocenters. The van der Waals surface area contributed by atoms with Gasteiger partial charge in [0, 0.05) is 0 Å². The van der Waals surface area contributed by atoms with E-state index in [1.807, 2.05) is 43.5 Å². The molecule has 3 rings (SSSR count). The van der Waals surface area contributed by atoms with Crippen LogP contribution >= 0.6 is 23.1 Å². The Morgan fingerprint density at radius 1 is 1.35 bits per heavy atom. The summed E-state index contributed by atoms with van der Waals surface area (Å²) in [6.07, 6.45) is 0.684. The summed E-state index contributed by atoms with van der Waals surface area (Å²) in [5.41, 5.74) is 0.682. The van der Waals surface area contributed by atoms with E-state index in [1.165, 1.54) is 11.8 Å². The van der Waals surface area contributed by atoms with Crippen LogP contribution in [0.1, 0.15) is 20.3 Å². The van der Waals surface area contributed by atoms with Crippen molar-refractivity contribution in [2.24, 2.45) is 0 Å². The van der Waals surface area contributed by atoms with E-state index in [9.17, 15) is 4.79 Å². The third-order valence-electron chi connectivity index (χ3n) is 3.16. The van der Waals surface area contributed by atoms with Crippen molar-refractivity contribution in [3.63, 3.8) is 0 Å². The lowest BCUT2D eigenvalue weighted by atomic mass is 10.3. The molecule has 3 aromatic heterocycles. The van der Waals surface area contributed by atoms with E-state index in [-0.39, 0.29) is 11.2 Å². The van der Waals surface area contributed by atoms with E-state index in [2.05, 4.69) is 15.3 Å². The number of thiophene rings is 1. The number of thioether (sulfide) groups is 1. The van der Waals surface area contributed by atoms with Crippen molar-refractivity contribution in [2.75, 3.05) is 6.61 Å². The first-order chi connectivity index (χ1) is 11.2. The van der Waals surface area contributed by atoms with Gasteiger partial charge in [-0.2, -0.15) is 9.61 Å². The molecule has 3 heterocycles. The number of rotatable bonds is 6. The van der Waals surface area contributed by atoms with E-state index >= 15 is 0 Å². The quantitative estimate of drug-likeness (QED) is 0.503. The Hall–Kier alpha value is -1.93. The highest BCUT2D eigenvalue weighted by Crippen LogP contribution is 2.27. The number of carbonyl (C=O) groups is 1. The molecule has 8 heteroatoms. The molecule has 3 aromatic rings. The van der Waals surface area contributed by atoms with Gasteiger partial charge in [-0.1, -0.05) is 24.8 Å². The Morgan fingerprint density at radius 2 is 2.22 bits per heavy atom. The van der Waals surface area contributed by atoms with E-state index < -0.39 is 0 Å². The lowest BCUT2D eigenvalue weighted by Gasteiger charge is -2.12. The van der Waals surface area contributed by atoms with Crippen molar-refractivity contribution in [1.29, 1.82) is 0 Å². The van der Waals surface area contributed by atoms with E-state index in [0.29, 0.717) is 24.5 Å². The summed E-state index contributed by atoms with van der Waals surface area (Å²) < 4.78 is 6.82. The predicted molar refractivity (Wildman–Crippen MR) is 90.7 cm³/mol. The Morgan fingerprint density at radius 3 is 2.91 bits per heavy atom. The average Bonchev–Trinajstić information content (AvgIpc) is 3.21. The number of hydrogen-bond acceptors (Lipinski definition) is 7. The third-order valence-corrected chi connectivity index (χ3v) is 5.30. The number of esters is 1. The minimum atomic E-state index is -0.262. The molecule has 0 amide bonds. The fraction of sp³-hybridized carbons (Fsp3) is 0.333. The molecule has 1 unspecified atom stereocenters. The molecule has 120 valence electrons. The van der Waals surface area contributed by atoms with E-state index in [4.69, 9.17) is 4.74 Å². The maximum Gasteiger partial charge on any atom is 0.319 e. The summed E-state index contributed by atoms with van der Waals surface area (Å²) in [5, 5.41) is 15.4. The third kappa shape index (κ3) is 3.37. The molecule has 0 aliphatic heterocycles. The van der Waals surface area contributed by atoms with Gasteiger partial charge in [0.25, 0.3) is 0 Å². The first-order valence-electron chi connectivity index (χ1n) is 7.32. The second kappa shape index (κ2) is 7.10. The molecule has 0 aliphatic rings. The second-order valence-electron chi connectivity index (χ2n) is 4.71. The predicted octanol–water partition coefficient (Wildman–Crippen LogP) is 3.29. The first-order valence-corrected chi connectivity index (χ1v) is 9.08. The van der Waals surface area contributed by atoms with Crippen molar-refractivity contribution >= 4 is 34.7 Å². The van der Waals surface area contributed by atoms with Crippen molar-refractivity contribution < 1.29 is 9.53 Å². The van der Waals surface area contributed by atoms with Crippen LogP contribution in [0, 0.1) is 0 Å². The van der Waals surface area contributed by atoms with Crippen molar-refractivity contribution in [3.8, 4) is 10.7 Å². The van der Waals surface area contributed by atoms with Crippen LogP contribution in [0.4, 0.5) is 0 Å². The Bertz CT molecular complexity index is 801. The molecule has 6 nitrogen and oxygen atoms in total. The normalized spacial score (nSPS) is 12.4. The van der Waals surface area contributed by atoms with Gasteiger partial charge < -0.3 is 4.74 Å². The highest BCUT2D eigenvalue weighted by molar-refractivity contribution is 8.00. The summed E-state index contributed by atoms with van der Waals surface area (Å²) in [6.45, 7) is 4.16. The number of carbonyl (C=O) groups excluding carboxylic acids is 1. The number of aromatic nitrogens is 4. The zero-order valence-corrected chi connectivity index (χ0v) is 14.4. The molecule has 0 bridgehead atoms. The molecule has 0 aliphatic carbocycles. The monoisotopic (exact) mass is 348 g/mol. The van der Waals surface area contributed by atoms with Gasteiger partial charge in [0.05, 0.1) is 11.5 Å². The minimum Gasteiger partial charge on any atom is -0.465 e. The molecule has 0 fully saturated rings. The van der Waals surface area contributed by atoms with Crippen LogP contribution in [-0.2, 0) is 9.53 Å². The maximum atomic E-state index is 11.9. The standard InChI is InChI=1S/C15H16N4O2S2/c1-3-10(15(20)21-4-2)23-13-8-7-12-16-17-14(19(12)18-13)11-6-5-9-22-11/h5-10H,3-4H2,1-2H3. The fourth-order valence-electron chi connectivity index (χ4n) is 2.07. The molecular weight excluding hydrogens is 332 g/mol. The molecular formula is C15H16N4O2S2. The van der Waals surface area contributed by atoms with Gasteiger partial charge in [0.2, 0.25) is 0 Å². The van der Waals surface area contributed by atoms with Gasteiger partial charge in [-0.15, -0.1) is 21.5 Å². The van der Waals surface area contributed by atoms with Crippen molar-refractivity contribution in [2.45, 2.75) is 30.5 Å². The summed E-state index contributed by atoms with van der Waals surface area (Å²) in [7, 11) is 0. The largest absolute Gasteiger partial charge is 0.465 e. The van der Waals surface area contributed by atoms with Crippen LogP contribution < -0.4 is 0 Å². The lowest BCUT2D eigenvalue weighted by Crippen LogP contribution is -2.19. The summed E-state index contributed by atoms with van der Waals surface area (Å²) in [4.78, 5) is 12.9. The molecule has 0 aromatic carbocycles. The van der Waals surface area contributed by atoms with Crippen LogP contribution in [0.5, 0.6) is 0 Å². The molecule has 0 radical (unpaired) electrons. The van der Waals surface area contributed by atoms with Crippen LogP contribution in [0.25, 0.3) is 16.3 Å². The van der Waals surface area contributed by atoms with Crippen molar-refractivity contribution in [3.05, 3.63) is 29.6 Å². The molecule has 0 saturated heterocycles. The van der Waals surface area contributed by atoms with Gasteiger partial charge in [0.15, 0.2) is 11.5 Å². The zero-order chi connectivity index (χ0) is 16.2. The van der Waals surface area contributed by atoms with Gasteiger partial charge in [-0.25, -0.2) is 0 Å².